The van der Waals surface area contributed by atoms with Crippen LogP contribution in [0.5, 0.6) is 0 Å². The summed E-state index contributed by atoms with van der Waals surface area (Å²) in [6.07, 6.45) is 5.03. The second-order valence-electron chi connectivity index (χ2n) is 6.87. The van der Waals surface area contributed by atoms with Gasteiger partial charge in [-0.05, 0) is 18.2 Å². The van der Waals surface area contributed by atoms with Gasteiger partial charge < -0.3 is 9.80 Å². The Bertz CT molecular complexity index is 981. The average Bonchev–Trinajstić information content (AvgIpc) is 2.66. The minimum atomic E-state index is -0.0804. The summed E-state index contributed by atoms with van der Waals surface area (Å²) in [4.78, 5) is 29.0. The molecule has 0 unspecified atom stereocenters. The van der Waals surface area contributed by atoms with Gasteiger partial charge in [-0.2, -0.15) is 5.10 Å². The number of pyridine rings is 1. The molecule has 0 saturated carbocycles. The fraction of sp³-hybridized carbons (Fsp3) is 0.316. The number of anilines is 2. The number of aromatic nitrogens is 5. The Labute approximate surface area is 157 Å². The van der Waals surface area contributed by atoms with Crippen molar-refractivity contribution in [2.75, 3.05) is 37.0 Å². The Hall–Kier alpha value is -3.29. The molecule has 3 aromatic rings. The van der Waals surface area contributed by atoms with Gasteiger partial charge in [-0.15, -0.1) is 0 Å². The molecule has 8 nitrogen and oxygen atoms in total. The van der Waals surface area contributed by atoms with Crippen LogP contribution >= 0.6 is 0 Å². The van der Waals surface area contributed by atoms with Crippen molar-refractivity contribution in [1.82, 2.24) is 24.7 Å². The van der Waals surface area contributed by atoms with Gasteiger partial charge in [0.2, 0.25) is 0 Å². The molecule has 0 aromatic carbocycles. The van der Waals surface area contributed by atoms with Crippen LogP contribution in [0.4, 0.5) is 11.6 Å². The van der Waals surface area contributed by atoms with Gasteiger partial charge in [0.15, 0.2) is 0 Å². The minimum absolute atomic E-state index is 0.0804. The quantitative estimate of drug-likeness (QED) is 0.676. The highest BCUT2D eigenvalue weighted by Crippen LogP contribution is 2.25. The van der Waals surface area contributed by atoms with E-state index in [1.807, 2.05) is 37.2 Å². The minimum Gasteiger partial charge on any atom is -0.363 e. The smallest absolute Gasteiger partial charge is 0.266 e. The van der Waals surface area contributed by atoms with E-state index >= 15 is 0 Å². The van der Waals surface area contributed by atoms with Gasteiger partial charge in [0.25, 0.3) is 5.56 Å². The number of rotatable bonds is 5. The average molecular weight is 363 g/mol. The first kappa shape index (κ1) is 17.1. The molecule has 8 heteroatoms. The van der Waals surface area contributed by atoms with E-state index in [-0.39, 0.29) is 5.56 Å². The fourth-order valence-electron chi connectivity index (χ4n) is 3.13. The van der Waals surface area contributed by atoms with E-state index in [4.69, 9.17) is 0 Å². The Morgan fingerprint density at radius 1 is 1.11 bits per heavy atom. The molecular formula is C19H21N7O. The molecule has 1 saturated heterocycles. The number of hydrogen-bond acceptors (Lipinski definition) is 7. The van der Waals surface area contributed by atoms with E-state index in [1.54, 1.807) is 35.5 Å². The molecule has 4 heterocycles. The zero-order valence-corrected chi connectivity index (χ0v) is 15.4. The second kappa shape index (κ2) is 7.14. The van der Waals surface area contributed by atoms with Crippen LogP contribution in [-0.4, -0.2) is 51.9 Å². The Balaban J connectivity index is 1.44. The van der Waals surface area contributed by atoms with Gasteiger partial charge in [-0.3, -0.25) is 9.78 Å². The normalized spacial score (nSPS) is 14.1. The highest BCUT2D eigenvalue weighted by molar-refractivity contribution is 5.57. The first-order valence-electron chi connectivity index (χ1n) is 8.83. The molecule has 1 aliphatic rings. The number of nitrogens with zero attached hydrogens (tertiary/aromatic N) is 7. The van der Waals surface area contributed by atoms with Crippen LogP contribution in [-0.2, 0) is 6.54 Å². The highest BCUT2D eigenvalue weighted by Gasteiger charge is 2.29. The standard InChI is InChI=1S/C19H21N7O/c1-24(2)17-9-18(22-13-21-17)25-10-14(11-25)12-26-19(27)4-3-16(23-26)15-5-7-20-8-6-15/h3-9,13-14H,10-12H2,1-2H3. The maximum Gasteiger partial charge on any atom is 0.266 e. The van der Waals surface area contributed by atoms with Gasteiger partial charge in [0.1, 0.15) is 18.0 Å². The molecule has 3 aromatic heterocycles. The van der Waals surface area contributed by atoms with Crippen molar-refractivity contribution in [2.45, 2.75) is 6.54 Å². The summed E-state index contributed by atoms with van der Waals surface area (Å²) in [6.45, 7) is 2.29. The monoisotopic (exact) mass is 363 g/mol. The first-order valence-corrected chi connectivity index (χ1v) is 8.83. The molecule has 0 atom stereocenters. The maximum atomic E-state index is 12.2. The van der Waals surface area contributed by atoms with Crippen molar-refractivity contribution < 1.29 is 0 Å². The van der Waals surface area contributed by atoms with Crippen molar-refractivity contribution in [3.8, 4) is 11.3 Å². The molecular weight excluding hydrogens is 342 g/mol. The molecule has 0 spiro atoms. The summed E-state index contributed by atoms with van der Waals surface area (Å²) in [5.74, 6) is 2.16. The lowest BCUT2D eigenvalue weighted by Gasteiger charge is -2.40. The summed E-state index contributed by atoms with van der Waals surface area (Å²) < 4.78 is 1.56. The van der Waals surface area contributed by atoms with Crippen LogP contribution < -0.4 is 15.4 Å². The molecule has 1 fully saturated rings. The molecule has 27 heavy (non-hydrogen) atoms. The Morgan fingerprint density at radius 3 is 2.63 bits per heavy atom. The van der Waals surface area contributed by atoms with E-state index < -0.39 is 0 Å². The third kappa shape index (κ3) is 3.64. The zero-order chi connectivity index (χ0) is 18.8. The van der Waals surface area contributed by atoms with Crippen LogP contribution in [0.15, 0.2) is 53.8 Å². The molecule has 0 bridgehead atoms. The second-order valence-corrected chi connectivity index (χ2v) is 6.87. The summed E-state index contributed by atoms with van der Waals surface area (Å²) in [5, 5.41) is 4.53. The van der Waals surface area contributed by atoms with Gasteiger partial charge in [-0.1, -0.05) is 0 Å². The van der Waals surface area contributed by atoms with E-state index in [1.165, 1.54) is 0 Å². The lowest BCUT2D eigenvalue weighted by molar-refractivity contribution is 0.333. The largest absolute Gasteiger partial charge is 0.363 e. The van der Waals surface area contributed by atoms with Crippen molar-refractivity contribution in [1.29, 1.82) is 0 Å². The van der Waals surface area contributed by atoms with Crippen LogP contribution in [0.2, 0.25) is 0 Å². The van der Waals surface area contributed by atoms with Crippen molar-refractivity contribution in [2.24, 2.45) is 5.92 Å². The van der Waals surface area contributed by atoms with Gasteiger partial charge in [0, 0.05) is 63.2 Å². The van der Waals surface area contributed by atoms with E-state index in [0.717, 1.165) is 36.0 Å². The predicted octanol–water partition coefficient (Wildman–Crippen LogP) is 1.30. The third-order valence-electron chi connectivity index (χ3n) is 4.65. The van der Waals surface area contributed by atoms with Crippen LogP contribution in [0.1, 0.15) is 0 Å². The Morgan fingerprint density at radius 2 is 1.89 bits per heavy atom. The van der Waals surface area contributed by atoms with Crippen LogP contribution in [0.3, 0.4) is 0 Å². The Kier molecular flexibility index (Phi) is 4.53. The summed E-state index contributed by atoms with van der Waals surface area (Å²) in [5.41, 5.74) is 1.65. The fourth-order valence-corrected chi connectivity index (χ4v) is 3.13. The zero-order valence-electron chi connectivity index (χ0n) is 15.4. The highest BCUT2D eigenvalue weighted by atomic mass is 16.1. The van der Waals surface area contributed by atoms with Gasteiger partial charge in [0.05, 0.1) is 12.2 Å². The summed E-state index contributed by atoms with van der Waals surface area (Å²) in [6, 6.07) is 9.09. The molecule has 1 aliphatic heterocycles. The molecule has 0 aliphatic carbocycles. The molecule has 0 radical (unpaired) electrons. The lowest BCUT2D eigenvalue weighted by Crippen LogP contribution is -2.50. The first-order chi connectivity index (χ1) is 13.1. The topological polar surface area (TPSA) is 80.0 Å². The van der Waals surface area contributed by atoms with Crippen LogP contribution in [0, 0.1) is 5.92 Å². The van der Waals surface area contributed by atoms with E-state index in [2.05, 4.69) is 25.0 Å². The van der Waals surface area contributed by atoms with Crippen molar-refractivity contribution >= 4 is 11.6 Å². The van der Waals surface area contributed by atoms with Gasteiger partial charge in [-0.25, -0.2) is 14.6 Å². The van der Waals surface area contributed by atoms with Crippen molar-refractivity contribution in [3.05, 3.63) is 59.4 Å². The molecule has 4 rings (SSSR count). The predicted molar refractivity (Wildman–Crippen MR) is 104 cm³/mol. The van der Waals surface area contributed by atoms with E-state index in [9.17, 15) is 4.79 Å². The lowest BCUT2D eigenvalue weighted by atomic mass is 10.0. The summed E-state index contributed by atoms with van der Waals surface area (Å²) >= 11 is 0. The number of hydrogen-bond donors (Lipinski definition) is 0. The molecule has 138 valence electrons. The van der Waals surface area contributed by atoms with Gasteiger partial charge >= 0.3 is 0 Å². The maximum absolute atomic E-state index is 12.2. The molecule has 0 N–H and O–H groups in total. The summed E-state index contributed by atoms with van der Waals surface area (Å²) in [7, 11) is 3.91. The van der Waals surface area contributed by atoms with E-state index in [0.29, 0.717) is 12.5 Å². The van der Waals surface area contributed by atoms with Crippen molar-refractivity contribution in [3.63, 3.8) is 0 Å². The SMILES string of the molecule is CN(C)c1cc(N2CC(Cn3nc(-c4ccncc4)ccc3=O)C2)ncn1. The molecule has 0 amide bonds. The third-order valence-corrected chi connectivity index (χ3v) is 4.65. The van der Waals surface area contributed by atoms with Crippen LogP contribution in [0.25, 0.3) is 11.3 Å².